The highest BCUT2D eigenvalue weighted by atomic mass is 19.1. The van der Waals surface area contributed by atoms with Gasteiger partial charge >= 0.3 is 0 Å². The zero-order chi connectivity index (χ0) is 17.0. The van der Waals surface area contributed by atoms with Gasteiger partial charge in [-0.1, -0.05) is 39.8 Å². The second-order valence-corrected chi connectivity index (χ2v) is 4.26. The van der Waals surface area contributed by atoms with Crippen molar-refractivity contribution in [3.05, 3.63) is 34.4 Å². The molecule has 0 bridgehead atoms. The summed E-state index contributed by atoms with van der Waals surface area (Å²) >= 11 is 0. The van der Waals surface area contributed by atoms with Crippen LogP contribution >= 0.6 is 0 Å². The van der Waals surface area contributed by atoms with Gasteiger partial charge in [-0.25, -0.2) is 4.39 Å². The van der Waals surface area contributed by atoms with Gasteiger partial charge in [-0.3, -0.25) is 15.0 Å². The van der Waals surface area contributed by atoms with E-state index in [0.29, 0.717) is 25.3 Å². The summed E-state index contributed by atoms with van der Waals surface area (Å²) in [5, 5.41) is 11.0. The first-order chi connectivity index (χ1) is 10.7. The van der Waals surface area contributed by atoms with Crippen molar-refractivity contribution in [1.82, 2.24) is 4.90 Å². The highest BCUT2D eigenvalue weighted by Gasteiger charge is 2.22. The summed E-state index contributed by atoms with van der Waals surface area (Å²) in [5.41, 5.74) is 0.791. The lowest BCUT2D eigenvalue weighted by molar-refractivity contribution is -0.384. The van der Waals surface area contributed by atoms with E-state index in [4.69, 9.17) is 0 Å². The second-order valence-electron chi connectivity index (χ2n) is 4.26. The minimum atomic E-state index is -0.358. The van der Waals surface area contributed by atoms with E-state index in [1.807, 2.05) is 37.5 Å². The van der Waals surface area contributed by atoms with E-state index in [1.165, 1.54) is 6.07 Å². The van der Waals surface area contributed by atoms with Crippen LogP contribution in [0.3, 0.4) is 0 Å². The van der Waals surface area contributed by atoms with Gasteiger partial charge in [0.25, 0.3) is 5.69 Å². The van der Waals surface area contributed by atoms with Crippen molar-refractivity contribution in [2.24, 2.45) is 0 Å². The van der Waals surface area contributed by atoms with Gasteiger partial charge in [-0.05, 0) is 6.07 Å². The maximum atomic E-state index is 12.2. The molecule has 0 radical (unpaired) electrons. The molecule has 1 saturated heterocycles. The number of hydrogen-bond acceptors (Lipinski definition) is 4. The number of rotatable bonds is 4. The Morgan fingerprint density at radius 3 is 2.14 bits per heavy atom. The number of para-hydroxylation sites is 2. The number of hydrogen-bond donors (Lipinski definition) is 0. The Morgan fingerprint density at radius 2 is 1.64 bits per heavy atom. The summed E-state index contributed by atoms with van der Waals surface area (Å²) in [6.45, 7) is 11.0. The van der Waals surface area contributed by atoms with E-state index < -0.39 is 0 Å². The van der Waals surface area contributed by atoms with Crippen molar-refractivity contribution < 1.29 is 9.31 Å². The lowest BCUT2D eigenvalue weighted by Gasteiger charge is -2.35. The Kier molecular flexibility index (Phi) is 11.0. The van der Waals surface area contributed by atoms with Gasteiger partial charge in [0.15, 0.2) is 0 Å². The molecule has 2 rings (SSSR count). The molecule has 1 aliphatic rings. The molecule has 0 saturated carbocycles. The molecule has 0 aromatic heterocycles. The van der Waals surface area contributed by atoms with Crippen LogP contribution in [0.15, 0.2) is 24.3 Å². The lowest BCUT2D eigenvalue weighted by Crippen LogP contribution is -2.47. The van der Waals surface area contributed by atoms with E-state index in [2.05, 4.69) is 0 Å². The summed E-state index contributed by atoms with van der Waals surface area (Å²) < 4.78 is 12.2. The number of halogens is 1. The van der Waals surface area contributed by atoms with E-state index in [1.54, 1.807) is 18.2 Å². The number of nitrogens with zero attached hydrogens (tertiary/aromatic N) is 3. The fraction of sp³-hybridized carbons (Fsp3) is 0.625. The molecule has 22 heavy (non-hydrogen) atoms. The van der Waals surface area contributed by atoms with Crippen LogP contribution in [0.2, 0.25) is 0 Å². The average molecular weight is 313 g/mol. The van der Waals surface area contributed by atoms with Gasteiger partial charge in [-0.15, -0.1) is 0 Å². The van der Waals surface area contributed by atoms with E-state index >= 15 is 0 Å². The first-order valence-corrected chi connectivity index (χ1v) is 7.99. The van der Waals surface area contributed by atoms with Gasteiger partial charge in [0.05, 0.1) is 4.92 Å². The van der Waals surface area contributed by atoms with Gasteiger partial charge in [-0.2, -0.15) is 0 Å². The Balaban J connectivity index is 0.00000102. The fourth-order valence-electron chi connectivity index (χ4n) is 2.22. The SMILES string of the molecule is CC.CC.O=[N+]([O-])c1ccccc1N1CCN(CCF)CC1. The van der Waals surface area contributed by atoms with Crippen molar-refractivity contribution in [3.8, 4) is 0 Å². The van der Waals surface area contributed by atoms with Gasteiger partial charge in [0, 0.05) is 38.8 Å². The van der Waals surface area contributed by atoms with Crippen molar-refractivity contribution >= 4 is 11.4 Å². The number of nitro benzene ring substituents is 1. The molecule has 6 heteroatoms. The molecule has 5 nitrogen and oxygen atoms in total. The maximum Gasteiger partial charge on any atom is 0.292 e. The van der Waals surface area contributed by atoms with Gasteiger partial charge in [0.2, 0.25) is 0 Å². The average Bonchev–Trinajstić information content (AvgIpc) is 2.59. The van der Waals surface area contributed by atoms with Crippen LogP contribution in [0.1, 0.15) is 27.7 Å². The molecule has 0 amide bonds. The number of piperazine rings is 1. The van der Waals surface area contributed by atoms with Crippen molar-refractivity contribution in [2.75, 3.05) is 44.3 Å². The molecule has 1 aromatic carbocycles. The number of anilines is 1. The minimum Gasteiger partial charge on any atom is -0.363 e. The minimum absolute atomic E-state index is 0.136. The van der Waals surface area contributed by atoms with Crippen LogP contribution < -0.4 is 4.90 Å². The third kappa shape index (κ3) is 5.97. The molecule has 1 fully saturated rings. The molecule has 0 N–H and O–H groups in total. The summed E-state index contributed by atoms with van der Waals surface area (Å²) in [5.74, 6) is 0. The molecule has 1 aliphatic heterocycles. The highest BCUT2D eigenvalue weighted by Crippen LogP contribution is 2.28. The predicted molar refractivity (Wildman–Crippen MR) is 90.4 cm³/mol. The highest BCUT2D eigenvalue weighted by molar-refractivity contribution is 5.63. The largest absolute Gasteiger partial charge is 0.363 e. The maximum absolute atomic E-state index is 12.2. The third-order valence-electron chi connectivity index (χ3n) is 3.19. The van der Waals surface area contributed by atoms with Crippen LogP contribution in [0.25, 0.3) is 0 Å². The van der Waals surface area contributed by atoms with Crippen LogP contribution in [-0.2, 0) is 0 Å². The molecular formula is C16H28FN3O2. The Morgan fingerprint density at radius 1 is 1.09 bits per heavy atom. The Bertz CT molecular complexity index is 422. The molecule has 1 heterocycles. The molecule has 0 unspecified atom stereocenters. The van der Waals surface area contributed by atoms with Crippen molar-refractivity contribution in [2.45, 2.75) is 27.7 Å². The molecule has 0 atom stereocenters. The number of benzene rings is 1. The Labute approximate surface area is 132 Å². The third-order valence-corrected chi connectivity index (χ3v) is 3.19. The standard InChI is InChI=1S/C12H16FN3O2.2C2H6/c13-5-6-14-7-9-15(10-8-14)11-3-1-2-4-12(11)16(17)18;2*1-2/h1-4H,5-10H2;2*1-2H3. The quantitative estimate of drug-likeness (QED) is 0.627. The number of nitro groups is 1. The smallest absolute Gasteiger partial charge is 0.292 e. The van der Waals surface area contributed by atoms with Crippen LogP contribution in [0.5, 0.6) is 0 Å². The summed E-state index contributed by atoms with van der Waals surface area (Å²) in [4.78, 5) is 14.6. The summed E-state index contributed by atoms with van der Waals surface area (Å²) in [6.07, 6.45) is 0. The van der Waals surface area contributed by atoms with Crippen molar-refractivity contribution in [1.29, 1.82) is 0 Å². The summed E-state index contributed by atoms with van der Waals surface area (Å²) in [6, 6.07) is 6.75. The van der Waals surface area contributed by atoms with Gasteiger partial charge in [0.1, 0.15) is 12.4 Å². The molecule has 0 spiro atoms. The van der Waals surface area contributed by atoms with Crippen LogP contribution in [-0.4, -0.2) is 49.2 Å². The first kappa shape index (κ1) is 20.3. The monoisotopic (exact) mass is 313 g/mol. The number of alkyl halides is 1. The predicted octanol–water partition coefficient (Wildman–Crippen LogP) is 3.74. The molecule has 1 aromatic rings. The lowest BCUT2D eigenvalue weighted by atomic mass is 10.2. The normalized spacial score (nSPS) is 14.3. The Hall–Kier alpha value is -1.69. The van der Waals surface area contributed by atoms with Crippen LogP contribution in [0.4, 0.5) is 15.8 Å². The van der Waals surface area contributed by atoms with Crippen molar-refractivity contribution in [3.63, 3.8) is 0 Å². The first-order valence-electron chi connectivity index (χ1n) is 7.99. The summed E-state index contributed by atoms with van der Waals surface area (Å²) in [7, 11) is 0. The zero-order valence-electron chi connectivity index (χ0n) is 14.1. The topological polar surface area (TPSA) is 49.6 Å². The van der Waals surface area contributed by atoms with Crippen LogP contribution in [0, 0.1) is 10.1 Å². The molecular weight excluding hydrogens is 285 g/mol. The van der Waals surface area contributed by atoms with E-state index in [-0.39, 0.29) is 17.3 Å². The molecule has 0 aliphatic carbocycles. The molecule has 126 valence electrons. The van der Waals surface area contributed by atoms with E-state index in [0.717, 1.165) is 13.1 Å². The second kappa shape index (κ2) is 11.9. The zero-order valence-corrected chi connectivity index (χ0v) is 14.1. The van der Waals surface area contributed by atoms with Gasteiger partial charge < -0.3 is 4.90 Å². The fourth-order valence-corrected chi connectivity index (χ4v) is 2.22. The van der Waals surface area contributed by atoms with E-state index in [9.17, 15) is 14.5 Å².